The maximum atomic E-state index is 13.1. The molecule has 0 aliphatic rings. The van der Waals surface area contributed by atoms with E-state index in [1.807, 2.05) is 30.3 Å². The third kappa shape index (κ3) is 2.18. The highest BCUT2D eigenvalue weighted by Gasteiger charge is 2.11. The van der Waals surface area contributed by atoms with Crippen LogP contribution in [0, 0.1) is 5.82 Å². The monoisotopic (exact) mass is 268 g/mol. The number of hydrogen-bond donors (Lipinski definition) is 0. The Morgan fingerprint density at radius 1 is 1.10 bits per heavy atom. The summed E-state index contributed by atoms with van der Waals surface area (Å²) in [6.07, 6.45) is 0.559. The van der Waals surface area contributed by atoms with Gasteiger partial charge in [0.15, 0.2) is 6.29 Å². The van der Waals surface area contributed by atoms with E-state index in [4.69, 9.17) is 0 Å². The number of rotatable bonds is 3. The van der Waals surface area contributed by atoms with Crippen LogP contribution >= 0.6 is 0 Å². The van der Waals surface area contributed by atoms with Crippen LogP contribution in [0.1, 0.15) is 10.4 Å². The smallest absolute Gasteiger partial charge is 0.205 e. The Balaban J connectivity index is 2.05. The van der Waals surface area contributed by atoms with Crippen molar-refractivity contribution in [1.82, 2.24) is 20.2 Å². The Morgan fingerprint density at radius 2 is 1.90 bits per heavy atom. The fourth-order valence-electron chi connectivity index (χ4n) is 1.82. The standard InChI is InChI=1S/C14H9FN4O/c15-12-6-7-13(11(8-12)9-20)19-17-14(16-18-19)10-4-2-1-3-5-10/h1-9H. The second kappa shape index (κ2) is 5.00. The number of benzene rings is 2. The molecule has 6 heteroatoms. The quantitative estimate of drug-likeness (QED) is 0.684. The maximum Gasteiger partial charge on any atom is 0.205 e. The average Bonchev–Trinajstić information content (AvgIpc) is 2.97. The number of hydrogen-bond acceptors (Lipinski definition) is 4. The number of aldehydes is 1. The SMILES string of the molecule is O=Cc1cc(F)ccc1-n1nnc(-c2ccccc2)n1. The molecule has 98 valence electrons. The molecule has 0 saturated heterocycles. The van der Waals surface area contributed by atoms with Gasteiger partial charge in [0.25, 0.3) is 0 Å². The molecule has 1 heterocycles. The molecule has 0 saturated carbocycles. The summed E-state index contributed by atoms with van der Waals surface area (Å²) in [4.78, 5) is 12.2. The van der Waals surface area contributed by atoms with Gasteiger partial charge in [0.1, 0.15) is 5.82 Å². The summed E-state index contributed by atoms with van der Waals surface area (Å²) in [5.41, 5.74) is 1.37. The normalized spacial score (nSPS) is 10.4. The van der Waals surface area contributed by atoms with E-state index in [1.165, 1.54) is 16.9 Å². The van der Waals surface area contributed by atoms with E-state index in [-0.39, 0.29) is 5.56 Å². The lowest BCUT2D eigenvalue weighted by Gasteiger charge is -2.01. The Morgan fingerprint density at radius 3 is 2.65 bits per heavy atom. The lowest BCUT2D eigenvalue weighted by atomic mass is 10.2. The largest absolute Gasteiger partial charge is 0.298 e. The van der Waals surface area contributed by atoms with Crippen molar-refractivity contribution in [2.75, 3.05) is 0 Å². The topological polar surface area (TPSA) is 60.7 Å². The zero-order chi connectivity index (χ0) is 13.9. The average molecular weight is 268 g/mol. The zero-order valence-electron chi connectivity index (χ0n) is 10.3. The Labute approximate surface area is 113 Å². The van der Waals surface area contributed by atoms with Crippen molar-refractivity contribution in [3.63, 3.8) is 0 Å². The molecule has 5 nitrogen and oxygen atoms in total. The fourth-order valence-corrected chi connectivity index (χ4v) is 1.82. The molecule has 0 aliphatic carbocycles. The Kier molecular flexibility index (Phi) is 3.04. The third-order valence-corrected chi connectivity index (χ3v) is 2.78. The summed E-state index contributed by atoms with van der Waals surface area (Å²) >= 11 is 0. The van der Waals surface area contributed by atoms with Gasteiger partial charge in [-0.15, -0.1) is 15.0 Å². The van der Waals surface area contributed by atoms with Gasteiger partial charge >= 0.3 is 0 Å². The maximum absolute atomic E-state index is 13.1. The van der Waals surface area contributed by atoms with Crippen LogP contribution in [0.4, 0.5) is 4.39 Å². The zero-order valence-corrected chi connectivity index (χ0v) is 10.3. The van der Waals surface area contributed by atoms with Gasteiger partial charge in [-0.1, -0.05) is 30.3 Å². The molecule has 0 spiro atoms. The number of carbonyl (C=O) groups excluding carboxylic acids is 1. The molecule has 0 bridgehead atoms. The van der Waals surface area contributed by atoms with Crippen LogP contribution in [0.2, 0.25) is 0 Å². The molecule has 0 N–H and O–H groups in total. The van der Waals surface area contributed by atoms with Gasteiger partial charge in [0.2, 0.25) is 5.82 Å². The molecule has 3 aromatic rings. The number of nitrogens with zero attached hydrogens (tertiary/aromatic N) is 4. The first-order chi connectivity index (χ1) is 9.78. The predicted molar refractivity (Wildman–Crippen MR) is 69.9 cm³/mol. The van der Waals surface area contributed by atoms with Crippen LogP contribution < -0.4 is 0 Å². The summed E-state index contributed by atoms with van der Waals surface area (Å²) < 4.78 is 13.1. The van der Waals surface area contributed by atoms with Gasteiger partial charge < -0.3 is 0 Å². The van der Waals surface area contributed by atoms with E-state index < -0.39 is 5.82 Å². The van der Waals surface area contributed by atoms with Crippen LogP contribution in [0.25, 0.3) is 17.1 Å². The summed E-state index contributed by atoms with van der Waals surface area (Å²) in [6.45, 7) is 0. The third-order valence-electron chi connectivity index (χ3n) is 2.78. The van der Waals surface area contributed by atoms with Crippen molar-refractivity contribution < 1.29 is 9.18 Å². The minimum atomic E-state index is -0.487. The minimum Gasteiger partial charge on any atom is -0.298 e. The molecule has 20 heavy (non-hydrogen) atoms. The predicted octanol–water partition coefficient (Wildman–Crippen LogP) is 2.28. The lowest BCUT2D eigenvalue weighted by Crippen LogP contribution is -2.03. The summed E-state index contributed by atoms with van der Waals surface area (Å²) in [5.74, 6) is -0.0500. The van der Waals surface area contributed by atoms with Crippen LogP contribution in [0.3, 0.4) is 0 Å². The van der Waals surface area contributed by atoms with E-state index in [0.29, 0.717) is 17.8 Å². The lowest BCUT2D eigenvalue weighted by molar-refractivity contribution is 0.112. The van der Waals surface area contributed by atoms with Gasteiger partial charge in [-0.2, -0.15) is 0 Å². The fraction of sp³-hybridized carbons (Fsp3) is 0. The van der Waals surface area contributed by atoms with Gasteiger partial charge in [0, 0.05) is 11.1 Å². The Hall–Kier alpha value is -2.89. The van der Waals surface area contributed by atoms with Crippen LogP contribution in [0.5, 0.6) is 0 Å². The van der Waals surface area contributed by atoms with Crippen molar-refractivity contribution in [1.29, 1.82) is 0 Å². The highest BCUT2D eigenvalue weighted by Crippen LogP contribution is 2.16. The molecule has 3 rings (SSSR count). The van der Waals surface area contributed by atoms with Gasteiger partial charge in [0.05, 0.1) is 5.69 Å². The van der Waals surface area contributed by atoms with E-state index in [2.05, 4.69) is 15.4 Å². The highest BCUT2D eigenvalue weighted by molar-refractivity contribution is 5.80. The van der Waals surface area contributed by atoms with Crippen molar-refractivity contribution in [2.24, 2.45) is 0 Å². The second-order valence-corrected chi connectivity index (χ2v) is 4.09. The number of tetrazole rings is 1. The van der Waals surface area contributed by atoms with Crippen LogP contribution in [-0.2, 0) is 0 Å². The summed E-state index contributed by atoms with van der Waals surface area (Å²) in [5, 5.41) is 12.0. The van der Waals surface area contributed by atoms with Crippen molar-refractivity contribution in [2.45, 2.75) is 0 Å². The van der Waals surface area contributed by atoms with E-state index >= 15 is 0 Å². The molecule has 0 radical (unpaired) electrons. The molecule has 0 aliphatic heterocycles. The number of aromatic nitrogens is 4. The van der Waals surface area contributed by atoms with Crippen LogP contribution in [-0.4, -0.2) is 26.5 Å². The molecule has 0 unspecified atom stereocenters. The van der Waals surface area contributed by atoms with Gasteiger partial charge in [-0.25, -0.2) is 4.39 Å². The van der Waals surface area contributed by atoms with Crippen molar-refractivity contribution in [3.05, 3.63) is 59.9 Å². The Bertz CT molecular complexity index is 755. The number of carbonyl (C=O) groups is 1. The molecule has 1 aromatic heterocycles. The summed E-state index contributed by atoms with van der Waals surface area (Å²) in [6, 6.07) is 13.1. The molecular formula is C14H9FN4O. The molecule has 0 atom stereocenters. The highest BCUT2D eigenvalue weighted by atomic mass is 19.1. The van der Waals surface area contributed by atoms with Crippen molar-refractivity contribution in [3.8, 4) is 17.1 Å². The number of halogens is 1. The molecule has 0 amide bonds. The van der Waals surface area contributed by atoms with E-state index in [0.717, 1.165) is 11.6 Å². The summed E-state index contributed by atoms with van der Waals surface area (Å²) in [7, 11) is 0. The first-order valence-electron chi connectivity index (χ1n) is 5.88. The van der Waals surface area contributed by atoms with E-state index in [1.54, 1.807) is 0 Å². The van der Waals surface area contributed by atoms with Gasteiger partial charge in [-0.3, -0.25) is 4.79 Å². The minimum absolute atomic E-state index is 0.169. The second-order valence-electron chi connectivity index (χ2n) is 4.09. The van der Waals surface area contributed by atoms with Gasteiger partial charge in [-0.05, 0) is 23.4 Å². The van der Waals surface area contributed by atoms with E-state index in [9.17, 15) is 9.18 Å². The first kappa shape index (κ1) is 12.2. The molecule has 0 fully saturated rings. The molecule has 2 aromatic carbocycles. The molecular weight excluding hydrogens is 259 g/mol. The van der Waals surface area contributed by atoms with Crippen LogP contribution in [0.15, 0.2) is 48.5 Å². The van der Waals surface area contributed by atoms with Crippen molar-refractivity contribution >= 4 is 6.29 Å². The first-order valence-corrected chi connectivity index (χ1v) is 5.88.